The predicted molar refractivity (Wildman–Crippen MR) is 106 cm³/mol. The molecule has 0 saturated carbocycles. The quantitative estimate of drug-likeness (QED) is 0.786. The van der Waals surface area contributed by atoms with E-state index in [1.807, 2.05) is 6.07 Å². The lowest BCUT2D eigenvalue weighted by molar-refractivity contribution is 0.0541. The molecule has 27 heavy (non-hydrogen) atoms. The lowest BCUT2D eigenvalue weighted by atomic mass is 9.94. The van der Waals surface area contributed by atoms with Crippen molar-refractivity contribution in [2.24, 2.45) is 5.92 Å². The molecular formula is C21H34N2O4. The number of aliphatic hydroxyl groups excluding tert-OH is 1. The Labute approximate surface area is 163 Å². The summed E-state index contributed by atoms with van der Waals surface area (Å²) in [5, 5.41) is 9.37. The van der Waals surface area contributed by atoms with Crippen LogP contribution in [0, 0.1) is 5.92 Å². The number of hydrogen-bond donors (Lipinski definition) is 1. The Morgan fingerprint density at radius 2 is 1.70 bits per heavy atom. The molecule has 0 aromatic heterocycles. The van der Waals surface area contributed by atoms with Crippen LogP contribution in [0.5, 0.6) is 17.2 Å². The largest absolute Gasteiger partial charge is 0.493 e. The first kappa shape index (κ1) is 20.2. The van der Waals surface area contributed by atoms with Crippen molar-refractivity contribution >= 4 is 0 Å². The molecule has 2 heterocycles. The van der Waals surface area contributed by atoms with Crippen molar-refractivity contribution in [1.82, 2.24) is 9.80 Å². The number of piperidine rings is 2. The number of likely N-dealkylation sites (tertiary alicyclic amines) is 2. The lowest BCUT2D eigenvalue weighted by Gasteiger charge is -2.42. The third kappa shape index (κ3) is 4.68. The van der Waals surface area contributed by atoms with Gasteiger partial charge < -0.3 is 19.3 Å². The average molecular weight is 379 g/mol. The maximum atomic E-state index is 9.37. The van der Waals surface area contributed by atoms with Crippen molar-refractivity contribution < 1.29 is 19.3 Å². The number of aliphatic hydroxyl groups is 1. The molecule has 2 aliphatic heterocycles. The third-order valence-corrected chi connectivity index (χ3v) is 6.08. The monoisotopic (exact) mass is 378 g/mol. The van der Waals surface area contributed by atoms with Crippen molar-refractivity contribution in [2.45, 2.75) is 38.3 Å². The van der Waals surface area contributed by atoms with E-state index < -0.39 is 0 Å². The van der Waals surface area contributed by atoms with E-state index in [9.17, 15) is 5.11 Å². The van der Waals surface area contributed by atoms with Crippen molar-refractivity contribution in [1.29, 1.82) is 0 Å². The summed E-state index contributed by atoms with van der Waals surface area (Å²) in [6.45, 7) is 5.62. The summed E-state index contributed by atoms with van der Waals surface area (Å²) in [7, 11) is 4.98. The fourth-order valence-electron chi connectivity index (χ4n) is 4.50. The number of nitrogens with zero attached hydrogens (tertiary/aromatic N) is 2. The molecule has 0 aliphatic carbocycles. The maximum Gasteiger partial charge on any atom is 0.203 e. The van der Waals surface area contributed by atoms with E-state index in [2.05, 4.69) is 15.9 Å². The van der Waals surface area contributed by atoms with Gasteiger partial charge in [0.1, 0.15) is 0 Å². The molecule has 0 radical (unpaired) electrons. The number of benzene rings is 1. The number of methoxy groups -OCH3 is 3. The van der Waals surface area contributed by atoms with E-state index in [4.69, 9.17) is 14.2 Å². The molecule has 3 rings (SSSR count). The molecule has 1 N–H and O–H groups in total. The summed E-state index contributed by atoms with van der Waals surface area (Å²) in [6.07, 6.45) is 4.73. The van der Waals surface area contributed by atoms with Crippen molar-refractivity contribution in [2.75, 3.05) is 54.1 Å². The molecule has 2 saturated heterocycles. The van der Waals surface area contributed by atoms with Crippen LogP contribution in [0.25, 0.3) is 0 Å². The highest BCUT2D eigenvalue weighted by molar-refractivity contribution is 5.55. The van der Waals surface area contributed by atoms with E-state index >= 15 is 0 Å². The van der Waals surface area contributed by atoms with Gasteiger partial charge in [-0.25, -0.2) is 0 Å². The van der Waals surface area contributed by atoms with Gasteiger partial charge in [0, 0.05) is 31.3 Å². The average Bonchev–Trinajstić information content (AvgIpc) is 2.73. The fourth-order valence-corrected chi connectivity index (χ4v) is 4.50. The molecule has 152 valence electrons. The minimum Gasteiger partial charge on any atom is -0.493 e. The van der Waals surface area contributed by atoms with E-state index in [0.29, 0.717) is 30.1 Å². The summed E-state index contributed by atoms with van der Waals surface area (Å²) in [4.78, 5) is 5.15. The Morgan fingerprint density at radius 3 is 2.33 bits per heavy atom. The van der Waals surface area contributed by atoms with Crippen LogP contribution in [0.1, 0.15) is 31.2 Å². The molecule has 0 amide bonds. The highest BCUT2D eigenvalue weighted by Gasteiger charge is 2.29. The normalized spacial score (nSPS) is 22.6. The van der Waals surface area contributed by atoms with Gasteiger partial charge in [-0.2, -0.15) is 0 Å². The fraction of sp³-hybridized carbons (Fsp3) is 0.714. The lowest BCUT2D eigenvalue weighted by Crippen LogP contribution is -2.50. The number of hydrogen-bond acceptors (Lipinski definition) is 6. The highest BCUT2D eigenvalue weighted by Crippen LogP contribution is 2.40. The summed E-state index contributed by atoms with van der Waals surface area (Å²) in [5.41, 5.74) is 1.13. The first-order valence-corrected chi connectivity index (χ1v) is 10.0. The van der Waals surface area contributed by atoms with Gasteiger partial charge in [0.25, 0.3) is 0 Å². The molecule has 6 nitrogen and oxygen atoms in total. The Kier molecular flexibility index (Phi) is 7.21. The van der Waals surface area contributed by atoms with Crippen LogP contribution in [0.2, 0.25) is 0 Å². The van der Waals surface area contributed by atoms with Crippen LogP contribution in [0.3, 0.4) is 0 Å². The van der Waals surface area contributed by atoms with Crippen molar-refractivity contribution in [3.63, 3.8) is 0 Å². The van der Waals surface area contributed by atoms with Crippen LogP contribution in [-0.2, 0) is 6.54 Å². The smallest absolute Gasteiger partial charge is 0.203 e. The molecule has 1 aromatic rings. The van der Waals surface area contributed by atoms with Gasteiger partial charge in [-0.3, -0.25) is 9.80 Å². The minimum absolute atomic E-state index is 0.337. The maximum absolute atomic E-state index is 9.37. The van der Waals surface area contributed by atoms with Gasteiger partial charge in [-0.05, 0) is 57.3 Å². The van der Waals surface area contributed by atoms with E-state index in [-0.39, 0.29) is 0 Å². The zero-order valence-corrected chi connectivity index (χ0v) is 16.9. The zero-order valence-electron chi connectivity index (χ0n) is 16.9. The molecule has 6 heteroatoms. The zero-order chi connectivity index (χ0) is 19.2. The molecule has 2 fully saturated rings. The van der Waals surface area contributed by atoms with E-state index in [1.54, 1.807) is 21.3 Å². The predicted octanol–water partition coefficient (Wildman–Crippen LogP) is 2.38. The molecule has 0 spiro atoms. The highest BCUT2D eigenvalue weighted by atomic mass is 16.5. The second-order valence-corrected chi connectivity index (χ2v) is 7.69. The summed E-state index contributed by atoms with van der Waals surface area (Å²) < 4.78 is 16.6. The van der Waals surface area contributed by atoms with Gasteiger partial charge >= 0.3 is 0 Å². The van der Waals surface area contributed by atoms with Gasteiger partial charge in [-0.1, -0.05) is 6.07 Å². The van der Waals surface area contributed by atoms with Crippen LogP contribution in [-0.4, -0.2) is 75.1 Å². The third-order valence-electron chi connectivity index (χ3n) is 6.08. The van der Waals surface area contributed by atoms with Crippen molar-refractivity contribution in [3.8, 4) is 17.2 Å². The van der Waals surface area contributed by atoms with Crippen LogP contribution >= 0.6 is 0 Å². The van der Waals surface area contributed by atoms with Crippen molar-refractivity contribution in [3.05, 3.63) is 17.7 Å². The molecule has 1 atom stereocenters. The van der Waals surface area contributed by atoms with Crippen LogP contribution in [0.15, 0.2) is 12.1 Å². The number of rotatable bonds is 7. The standard InChI is InChI=1S/C21H34N2O4/c1-25-19-7-6-17(20(26-2)21(19)27-3)13-22-10-4-5-18(14-22)23-11-8-16(15-24)9-12-23/h6-7,16,18,24H,4-5,8-15H2,1-3H3/t18-/m1/s1. The molecular weight excluding hydrogens is 344 g/mol. The molecule has 0 bridgehead atoms. The van der Waals surface area contributed by atoms with E-state index in [0.717, 1.165) is 56.9 Å². The molecule has 1 aromatic carbocycles. The SMILES string of the molecule is COc1ccc(CN2CCC[C@@H](N3CCC(CO)CC3)C2)c(OC)c1OC. The van der Waals surface area contributed by atoms with Gasteiger partial charge in [-0.15, -0.1) is 0 Å². The molecule has 0 unspecified atom stereocenters. The summed E-state index contributed by atoms with van der Waals surface area (Å²) >= 11 is 0. The Hall–Kier alpha value is -1.50. The summed E-state index contributed by atoms with van der Waals surface area (Å²) in [5.74, 6) is 2.62. The summed E-state index contributed by atoms with van der Waals surface area (Å²) in [6, 6.07) is 4.65. The Morgan fingerprint density at radius 1 is 0.963 bits per heavy atom. The Balaban J connectivity index is 1.66. The topological polar surface area (TPSA) is 54.4 Å². The number of ether oxygens (including phenoxy) is 3. The van der Waals surface area contributed by atoms with Gasteiger partial charge in [0.15, 0.2) is 11.5 Å². The second kappa shape index (κ2) is 9.62. The first-order valence-electron chi connectivity index (χ1n) is 10.0. The Bertz CT molecular complexity index is 602. The van der Waals surface area contributed by atoms with E-state index in [1.165, 1.54) is 12.8 Å². The first-order chi connectivity index (χ1) is 13.2. The van der Waals surface area contributed by atoms with Crippen LogP contribution < -0.4 is 14.2 Å². The van der Waals surface area contributed by atoms with Crippen LogP contribution in [0.4, 0.5) is 0 Å². The second-order valence-electron chi connectivity index (χ2n) is 7.69. The van der Waals surface area contributed by atoms with Gasteiger partial charge in [0.05, 0.1) is 21.3 Å². The molecule has 2 aliphatic rings. The van der Waals surface area contributed by atoms with Gasteiger partial charge in [0.2, 0.25) is 5.75 Å². The minimum atomic E-state index is 0.337.